The van der Waals surface area contributed by atoms with Gasteiger partial charge < -0.3 is 10.6 Å². The van der Waals surface area contributed by atoms with Crippen LogP contribution in [0.15, 0.2) is 0 Å². The van der Waals surface area contributed by atoms with Crippen LogP contribution in [0.3, 0.4) is 0 Å². The molecule has 4 heteroatoms. The van der Waals surface area contributed by atoms with Crippen molar-refractivity contribution in [1.82, 2.24) is 4.90 Å². The van der Waals surface area contributed by atoms with E-state index in [1.807, 2.05) is 7.05 Å². The summed E-state index contributed by atoms with van der Waals surface area (Å²) in [5, 5.41) is 0. The normalized spacial score (nSPS) is 25.8. The van der Waals surface area contributed by atoms with E-state index in [1.54, 1.807) is 4.90 Å². The molecule has 0 saturated carbocycles. The average molecular weight is 179 g/mol. The molecular weight excluding hydrogens is 164 g/mol. The molecule has 0 aliphatic carbocycles. The molecule has 1 aliphatic rings. The molecule has 1 saturated heterocycles. The highest BCUT2D eigenvalue weighted by Gasteiger charge is 2.19. The number of likely N-dealkylation sites (N-methyl/N-ethyl adjacent to an activating group) is 1. The number of carbonyl (C=O) groups excluding carboxylic acids is 1. The quantitative estimate of drug-likeness (QED) is 0.583. The summed E-state index contributed by atoms with van der Waals surface area (Å²) in [7, 11) is 1.81. The largest absolute Gasteiger partial charge is 0.344 e. The van der Waals surface area contributed by atoms with E-state index in [0.29, 0.717) is 0 Å². The van der Waals surface area contributed by atoms with Gasteiger partial charge in [-0.25, -0.2) is 0 Å². The second-order valence-electron chi connectivity index (χ2n) is 2.86. The van der Waals surface area contributed by atoms with Crippen molar-refractivity contribution in [2.45, 2.75) is 25.3 Å². The molecule has 3 nitrogen and oxygen atoms in total. The van der Waals surface area contributed by atoms with E-state index in [4.69, 9.17) is 5.73 Å². The molecule has 0 aromatic rings. The Morgan fingerprint density at radius 3 is 2.82 bits per heavy atom. The molecule has 0 radical (unpaired) electrons. The maximum atomic E-state index is 11.1. The Morgan fingerprint density at radius 2 is 2.18 bits per heavy atom. The Kier molecular flexibility index (Phi) is 4.45. The summed E-state index contributed by atoms with van der Waals surface area (Å²) in [5.74, 6) is 0.0949. The van der Waals surface area contributed by atoms with Crippen molar-refractivity contribution in [1.29, 1.82) is 0 Å². The van der Waals surface area contributed by atoms with Gasteiger partial charge in [0.25, 0.3) is 0 Å². The van der Waals surface area contributed by atoms with Crippen LogP contribution in [0, 0.1) is 0 Å². The van der Waals surface area contributed by atoms with Crippen LogP contribution >= 0.6 is 12.4 Å². The number of hydrogen-bond acceptors (Lipinski definition) is 2. The Hall–Kier alpha value is -0.280. The third-order valence-corrected chi connectivity index (χ3v) is 1.95. The fourth-order valence-electron chi connectivity index (χ4n) is 1.23. The highest BCUT2D eigenvalue weighted by atomic mass is 35.5. The van der Waals surface area contributed by atoms with Crippen LogP contribution in [0.2, 0.25) is 0 Å². The van der Waals surface area contributed by atoms with Gasteiger partial charge in [-0.3, -0.25) is 4.79 Å². The van der Waals surface area contributed by atoms with Crippen LogP contribution in [0.5, 0.6) is 0 Å². The first-order chi connectivity index (χ1) is 4.72. The van der Waals surface area contributed by atoms with Crippen LogP contribution in [-0.4, -0.2) is 30.4 Å². The SMILES string of the molecule is CN1CCCC[C@@H](N)C1=O.Cl. The number of nitrogens with two attached hydrogens (primary N) is 1. The van der Waals surface area contributed by atoms with Gasteiger partial charge in [-0.15, -0.1) is 12.4 Å². The van der Waals surface area contributed by atoms with Gasteiger partial charge in [0, 0.05) is 13.6 Å². The van der Waals surface area contributed by atoms with Gasteiger partial charge in [0.1, 0.15) is 0 Å². The first kappa shape index (κ1) is 10.7. The molecule has 1 atom stereocenters. The molecule has 0 unspecified atom stereocenters. The fraction of sp³-hybridized carbons (Fsp3) is 0.857. The molecular formula is C7H15ClN2O. The molecule has 0 aromatic heterocycles. The summed E-state index contributed by atoms with van der Waals surface area (Å²) < 4.78 is 0. The van der Waals surface area contributed by atoms with Crippen LogP contribution < -0.4 is 5.73 Å². The Balaban J connectivity index is 0.000001000. The number of nitrogens with zero attached hydrogens (tertiary/aromatic N) is 1. The van der Waals surface area contributed by atoms with Crippen molar-refractivity contribution in [2.24, 2.45) is 5.73 Å². The second kappa shape index (κ2) is 4.57. The lowest BCUT2D eigenvalue weighted by Crippen LogP contribution is -2.39. The van der Waals surface area contributed by atoms with Gasteiger partial charge >= 0.3 is 0 Å². The summed E-state index contributed by atoms with van der Waals surface area (Å²) in [6, 6.07) is -0.243. The topological polar surface area (TPSA) is 46.3 Å². The number of carbonyl (C=O) groups is 1. The van der Waals surface area contributed by atoms with E-state index in [-0.39, 0.29) is 24.4 Å². The molecule has 0 bridgehead atoms. The monoisotopic (exact) mass is 178 g/mol. The van der Waals surface area contributed by atoms with E-state index in [0.717, 1.165) is 25.8 Å². The zero-order valence-corrected chi connectivity index (χ0v) is 7.56. The van der Waals surface area contributed by atoms with E-state index >= 15 is 0 Å². The Morgan fingerprint density at radius 1 is 1.55 bits per heavy atom. The number of hydrogen-bond donors (Lipinski definition) is 1. The maximum Gasteiger partial charge on any atom is 0.239 e. The van der Waals surface area contributed by atoms with Crippen molar-refractivity contribution in [3.63, 3.8) is 0 Å². The molecule has 11 heavy (non-hydrogen) atoms. The minimum absolute atomic E-state index is 0. The van der Waals surface area contributed by atoms with Crippen LogP contribution in [0.1, 0.15) is 19.3 Å². The molecule has 1 aliphatic heterocycles. The van der Waals surface area contributed by atoms with Gasteiger partial charge in [-0.05, 0) is 19.3 Å². The Labute approximate surface area is 73.3 Å². The molecule has 2 N–H and O–H groups in total. The molecule has 1 fully saturated rings. The fourth-order valence-corrected chi connectivity index (χ4v) is 1.23. The molecule has 1 amide bonds. The zero-order valence-electron chi connectivity index (χ0n) is 6.75. The van der Waals surface area contributed by atoms with E-state index < -0.39 is 0 Å². The predicted octanol–water partition coefficient (Wildman–Crippen LogP) is 0.378. The Bertz CT molecular complexity index is 126. The first-order valence-electron chi connectivity index (χ1n) is 3.72. The molecule has 0 spiro atoms. The molecule has 0 aromatic carbocycles. The minimum atomic E-state index is -0.243. The average Bonchev–Trinajstić information content (AvgIpc) is 2.04. The van der Waals surface area contributed by atoms with Gasteiger partial charge in [0.15, 0.2) is 0 Å². The second-order valence-corrected chi connectivity index (χ2v) is 2.86. The first-order valence-corrected chi connectivity index (χ1v) is 3.72. The smallest absolute Gasteiger partial charge is 0.239 e. The summed E-state index contributed by atoms with van der Waals surface area (Å²) in [6.45, 7) is 0.868. The van der Waals surface area contributed by atoms with Crippen molar-refractivity contribution < 1.29 is 4.79 Å². The van der Waals surface area contributed by atoms with Crippen molar-refractivity contribution in [3.05, 3.63) is 0 Å². The zero-order chi connectivity index (χ0) is 7.56. The standard InChI is InChI=1S/C7H14N2O.ClH/c1-9-5-3-2-4-6(8)7(9)10;/h6H,2-5,8H2,1H3;1H/t6-;/m1./s1. The van der Waals surface area contributed by atoms with E-state index in [2.05, 4.69) is 0 Å². The van der Waals surface area contributed by atoms with Crippen molar-refractivity contribution in [2.75, 3.05) is 13.6 Å². The lowest BCUT2D eigenvalue weighted by atomic mass is 10.1. The predicted molar refractivity (Wildman–Crippen MR) is 46.7 cm³/mol. The molecule has 1 heterocycles. The number of rotatable bonds is 0. The van der Waals surface area contributed by atoms with Gasteiger partial charge in [-0.2, -0.15) is 0 Å². The minimum Gasteiger partial charge on any atom is -0.344 e. The number of halogens is 1. The van der Waals surface area contributed by atoms with Crippen molar-refractivity contribution in [3.8, 4) is 0 Å². The molecule has 1 rings (SSSR count). The number of amides is 1. The van der Waals surface area contributed by atoms with Crippen LogP contribution in [-0.2, 0) is 4.79 Å². The van der Waals surface area contributed by atoms with Gasteiger partial charge in [-0.1, -0.05) is 0 Å². The third kappa shape index (κ3) is 2.67. The van der Waals surface area contributed by atoms with Crippen molar-refractivity contribution >= 4 is 18.3 Å². The third-order valence-electron chi connectivity index (χ3n) is 1.95. The van der Waals surface area contributed by atoms with Crippen LogP contribution in [0.25, 0.3) is 0 Å². The summed E-state index contributed by atoms with van der Waals surface area (Å²) in [6.07, 6.45) is 3.02. The van der Waals surface area contributed by atoms with Gasteiger partial charge in [0.2, 0.25) is 5.91 Å². The lowest BCUT2D eigenvalue weighted by molar-refractivity contribution is -0.130. The summed E-state index contributed by atoms with van der Waals surface area (Å²) >= 11 is 0. The number of likely N-dealkylation sites (tertiary alicyclic amines) is 1. The highest BCUT2D eigenvalue weighted by Crippen LogP contribution is 2.07. The summed E-state index contributed by atoms with van der Waals surface area (Å²) in [5.41, 5.74) is 5.58. The summed E-state index contributed by atoms with van der Waals surface area (Å²) in [4.78, 5) is 12.9. The van der Waals surface area contributed by atoms with E-state index in [9.17, 15) is 4.79 Å². The highest BCUT2D eigenvalue weighted by molar-refractivity contribution is 5.85. The van der Waals surface area contributed by atoms with Crippen LogP contribution in [0.4, 0.5) is 0 Å². The molecule has 66 valence electrons. The van der Waals surface area contributed by atoms with E-state index in [1.165, 1.54) is 0 Å². The lowest BCUT2D eigenvalue weighted by Gasteiger charge is -2.15. The maximum absolute atomic E-state index is 11.1. The van der Waals surface area contributed by atoms with Gasteiger partial charge in [0.05, 0.1) is 6.04 Å².